The molecule has 1 fully saturated rings. The van der Waals surface area contributed by atoms with Crippen LogP contribution in [0.1, 0.15) is 31.0 Å². The fourth-order valence-electron chi connectivity index (χ4n) is 3.12. The first-order valence-corrected chi connectivity index (χ1v) is 8.13. The van der Waals surface area contributed by atoms with Gasteiger partial charge in [0, 0.05) is 24.8 Å². The Labute approximate surface area is 131 Å². The number of H-pyrrole nitrogens is 1. The second-order valence-corrected chi connectivity index (χ2v) is 6.03. The van der Waals surface area contributed by atoms with E-state index >= 15 is 0 Å². The third kappa shape index (κ3) is 3.56. The van der Waals surface area contributed by atoms with Crippen molar-refractivity contribution in [2.75, 3.05) is 18.0 Å². The number of nitrogens with one attached hydrogen (secondary N) is 1. The molecule has 3 rings (SSSR count). The maximum absolute atomic E-state index is 11.7. The SMILES string of the molecule is CCc1cc(=O)[nH]c(N2CCC(Cc3ccccc3)CC2)n1. The van der Waals surface area contributed by atoms with Gasteiger partial charge in [0.15, 0.2) is 0 Å². The summed E-state index contributed by atoms with van der Waals surface area (Å²) in [6.07, 6.45) is 4.24. The van der Waals surface area contributed by atoms with Crippen molar-refractivity contribution in [3.05, 3.63) is 58.0 Å². The van der Waals surface area contributed by atoms with Crippen LogP contribution >= 0.6 is 0 Å². The third-order valence-electron chi connectivity index (χ3n) is 4.43. The zero-order valence-electron chi connectivity index (χ0n) is 13.1. The highest BCUT2D eigenvalue weighted by Gasteiger charge is 2.21. The molecule has 4 nitrogen and oxygen atoms in total. The van der Waals surface area contributed by atoms with Crippen LogP contribution in [0.4, 0.5) is 5.95 Å². The van der Waals surface area contributed by atoms with Crippen molar-refractivity contribution in [1.29, 1.82) is 0 Å². The Kier molecular flexibility index (Phi) is 4.56. The maximum atomic E-state index is 11.7. The van der Waals surface area contributed by atoms with E-state index in [1.165, 1.54) is 5.56 Å². The molecule has 1 aliphatic rings. The summed E-state index contributed by atoms with van der Waals surface area (Å²) in [5.41, 5.74) is 2.24. The second-order valence-electron chi connectivity index (χ2n) is 6.03. The van der Waals surface area contributed by atoms with Gasteiger partial charge in [-0.2, -0.15) is 0 Å². The molecule has 116 valence electrons. The Hall–Kier alpha value is -2.10. The molecule has 0 bridgehead atoms. The summed E-state index contributed by atoms with van der Waals surface area (Å²) in [7, 11) is 0. The zero-order valence-corrected chi connectivity index (χ0v) is 13.1. The van der Waals surface area contributed by atoms with E-state index < -0.39 is 0 Å². The number of benzene rings is 1. The van der Waals surface area contributed by atoms with E-state index in [4.69, 9.17) is 0 Å². The molecule has 0 aliphatic carbocycles. The van der Waals surface area contributed by atoms with Crippen molar-refractivity contribution in [2.24, 2.45) is 5.92 Å². The average Bonchev–Trinajstić information content (AvgIpc) is 2.56. The predicted octanol–water partition coefficient (Wildman–Crippen LogP) is 2.79. The van der Waals surface area contributed by atoms with Crippen LogP contribution in [0.25, 0.3) is 0 Å². The third-order valence-corrected chi connectivity index (χ3v) is 4.43. The Morgan fingerprint density at radius 2 is 1.95 bits per heavy atom. The first-order chi connectivity index (χ1) is 10.7. The molecule has 1 aromatic carbocycles. The monoisotopic (exact) mass is 297 g/mol. The van der Waals surface area contributed by atoms with Gasteiger partial charge in [-0.1, -0.05) is 37.3 Å². The number of piperidine rings is 1. The molecule has 1 aliphatic heterocycles. The lowest BCUT2D eigenvalue weighted by Crippen LogP contribution is -2.36. The summed E-state index contributed by atoms with van der Waals surface area (Å²) in [6, 6.07) is 12.3. The number of hydrogen-bond donors (Lipinski definition) is 1. The largest absolute Gasteiger partial charge is 0.342 e. The van der Waals surface area contributed by atoms with Gasteiger partial charge in [-0.15, -0.1) is 0 Å². The van der Waals surface area contributed by atoms with Gasteiger partial charge in [0.2, 0.25) is 5.95 Å². The van der Waals surface area contributed by atoms with Crippen LogP contribution < -0.4 is 10.5 Å². The first kappa shape index (κ1) is 14.8. The Morgan fingerprint density at radius 1 is 1.23 bits per heavy atom. The molecule has 2 aromatic rings. The summed E-state index contributed by atoms with van der Waals surface area (Å²) in [5, 5.41) is 0. The van der Waals surface area contributed by atoms with Gasteiger partial charge in [0.05, 0.1) is 0 Å². The number of aryl methyl sites for hydroxylation is 1. The highest BCUT2D eigenvalue weighted by molar-refractivity contribution is 5.31. The first-order valence-electron chi connectivity index (χ1n) is 8.13. The van der Waals surface area contributed by atoms with Crippen LogP contribution in [0, 0.1) is 5.92 Å². The van der Waals surface area contributed by atoms with Gasteiger partial charge < -0.3 is 4.90 Å². The van der Waals surface area contributed by atoms with Crippen LogP contribution in [-0.4, -0.2) is 23.1 Å². The second kappa shape index (κ2) is 6.77. The van der Waals surface area contributed by atoms with Gasteiger partial charge in [0.25, 0.3) is 5.56 Å². The normalized spacial score (nSPS) is 16.0. The standard InChI is InChI=1S/C18H23N3O/c1-2-16-13-17(22)20-18(19-16)21-10-8-15(9-11-21)12-14-6-4-3-5-7-14/h3-7,13,15H,2,8-12H2,1H3,(H,19,20,22). The summed E-state index contributed by atoms with van der Waals surface area (Å²) < 4.78 is 0. The molecule has 22 heavy (non-hydrogen) atoms. The average molecular weight is 297 g/mol. The van der Waals surface area contributed by atoms with E-state index in [1.54, 1.807) is 6.07 Å². The molecule has 0 saturated carbocycles. The van der Waals surface area contributed by atoms with Crippen LogP contribution in [0.5, 0.6) is 0 Å². The zero-order chi connectivity index (χ0) is 15.4. The molecular formula is C18H23N3O. The fourth-order valence-corrected chi connectivity index (χ4v) is 3.12. The minimum atomic E-state index is -0.0479. The highest BCUT2D eigenvalue weighted by atomic mass is 16.1. The summed E-state index contributed by atoms with van der Waals surface area (Å²) in [4.78, 5) is 21.3. The molecule has 0 spiro atoms. The molecule has 0 unspecified atom stereocenters. The highest BCUT2D eigenvalue weighted by Crippen LogP contribution is 2.23. The Morgan fingerprint density at radius 3 is 2.64 bits per heavy atom. The molecule has 1 aromatic heterocycles. The molecule has 2 heterocycles. The van der Waals surface area contributed by atoms with E-state index in [2.05, 4.69) is 45.2 Å². The number of aromatic nitrogens is 2. The van der Waals surface area contributed by atoms with Crippen LogP contribution in [0.2, 0.25) is 0 Å². The molecule has 0 radical (unpaired) electrons. The number of nitrogens with zero attached hydrogens (tertiary/aromatic N) is 2. The van der Waals surface area contributed by atoms with Gasteiger partial charge >= 0.3 is 0 Å². The number of aromatic amines is 1. The van der Waals surface area contributed by atoms with E-state index in [0.717, 1.165) is 56.3 Å². The minimum Gasteiger partial charge on any atom is -0.342 e. The van der Waals surface area contributed by atoms with Gasteiger partial charge in [0.1, 0.15) is 0 Å². The molecule has 4 heteroatoms. The number of rotatable bonds is 4. The van der Waals surface area contributed by atoms with Crippen molar-refractivity contribution in [1.82, 2.24) is 9.97 Å². The minimum absolute atomic E-state index is 0.0479. The van der Waals surface area contributed by atoms with Crippen LogP contribution in [-0.2, 0) is 12.8 Å². The lowest BCUT2D eigenvalue weighted by molar-refractivity contribution is 0.400. The predicted molar refractivity (Wildman–Crippen MR) is 89.3 cm³/mol. The van der Waals surface area contributed by atoms with E-state index in [9.17, 15) is 4.79 Å². The lowest BCUT2D eigenvalue weighted by Gasteiger charge is -2.32. The molecule has 0 atom stereocenters. The van der Waals surface area contributed by atoms with E-state index in [-0.39, 0.29) is 5.56 Å². The summed E-state index contributed by atoms with van der Waals surface area (Å²) in [6.45, 7) is 3.96. The van der Waals surface area contributed by atoms with Crippen molar-refractivity contribution >= 4 is 5.95 Å². The molecular weight excluding hydrogens is 274 g/mol. The van der Waals surface area contributed by atoms with E-state index in [0.29, 0.717) is 0 Å². The summed E-state index contributed by atoms with van der Waals surface area (Å²) in [5.74, 6) is 1.46. The van der Waals surface area contributed by atoms with Crippen LogP contribution in [0.15, 0.2) is 41.2 Å². The lowest BCUT2D eigenvalue weighted by atomic mass is 9.90. The smallest absolute Gasteiger partial charge is 0.252 e. The van der Waals surface area contributed by atoms with Crippen LogP contribution in [0.3, 0.4) is 0 Å². The Balaban J connectivity index is 1.62. The quantitative estimate of drug-likeness (QED) is 0.944. The van der Waals surface area contributed by atoms with Gasteiger partial charge in [-0.3, -0.25) is 9.78 Å². The van der Waals surface area contributed by atoms with Gasteiger partial charge in [-0.25, -0.2) is 4.98 Å². The maximum Gasteiger partial charge on any atom is 0.252 e. The van der Waals surface area contributed by atoms with Crippen molar-refractivity contribution < 1.29 is 0 Å². The topological polar surface area (TPSA) is 49.0 Å². The van der Waals surface area contributed by atoms with Gasteiger partial charge in [-0.05, 0) is 37.2 Å². The molecule has 1 N–H and O–H groups in total. The molecule has 0 amide bonds. The van der Waals surface area contributed by atoms with Crippen molar-refractivity contribution in [2.45, 2.75) is 32.6 Å². The fraction of sp³-hybridized carbons (Fsp3) is 0.444. The number of anilines is 1. The summed E-state index contributed by atoms with van der Waals surface area (Å²) >= 11 is 0. The number of hydrogen-bond acceptors (Lipinski definition) is 3. The van der Waals surface area contributed by atoms with Crippen molar-refractivity contribution in [3.8, 4) is 0 Å². The molecule has 1 saturated heterocycles. The van der Waals surface area contributed by atoms with E-state index in [1.807, 2.05) is 6.92 Å². The Bertz CT molecular complexity index is 658. The van der Waals surface area contributed by atoms with Crippen molar-refractivity contribution in [3.63, 3.8) is 0 Å².